The van der Waals surface area contributed by atoms with Gasteiger partial charge < -0.3 is 0 Å². The van der Waals surface area contributed by atoms with Crippen LogP contribution >= 0.6 is 23.5 Å². The van der Waals surface area contributed by atoms with Gasteiger partial charge in [0.1, 0.15) is 27.8 Å². The molecule has 4 aromatic rings. The monoisotopic (exact) mass is 300 g/mol. The molecule has 0 atom stereocenters. The lowest BCUT2D eigenvalue weighted by atomic mass is 10.1. The molecule has 6 nitrogen and oxygen atoms in total. The summed E-state index contributed by atoms with van der Waals surface area (Å²) in [5.74, 6) is 0. The molecule has 0 aromatic carbocycles. The van der Waals surface area contributed by atoms with Crippen LogP contribution in [-0.2, 0) is 0 Å². The molecule has 0 N–H and O–H groups in total. The molecule has 4 rings (SSSR count). The van der Waals surface area contributed by atoms with Gasteiger partial charge in [-0.1, -0.05) is 0 Å². The van der Waals surface area contributed by atoms with Gasteiger partial charge in [-0.25, -0.2) is 0 Å². The average molecular weight is 300 g/mol. The smallest absolute Gasteiger partial charge is 0.131 e. The van der Waals surface area contributed by atoms with Gasteiger partial charge in [0.05, 0.1) is 29.2 Å². The van der Waals surface area contributed by atoms with E-state index in [-0.39, 0.29) is 0 Å². The number of aromatic nitrogens is 6. The Kier molecular flexibility index (Phi) is 2.48. The fourth-order valence-corrected chi connectivity index (χ4v) is 3.36. The molecule has 0 fully saturated rings. The molecule has 0 aliphatic carbocycles. The van der Waals surface area contributed by atoms with Crippen molar-refractivity contribution >= 4 is 45.5 Å². The third-order valence-corrected chi connectivity index (χ3v) is 4.26. The van der Waals surface area contributed by atoms with Crippen LogP contribution in [0, 0.1) is 13.8 Å². The van der Waals surface area contributed by atoms with E-state index < -0.39 is 0 Å². The van der Waals surface area contributed by atoms with E-state index in [0.717, 1.165) is 44.6 Å². The lowest BCUT2D eigenvalue weighted by molar-refractivity contribution is 1.21. The van der Waals surface area contributed by atoms with E-state index in [9.17, 15) is 0 Å². The zero-order chi connectivity index (χ0) is 13.7. The minimum Gasteiger partial charge on any atom is -0.258 e. The molecule has 8 heteroatoms. The van der Waals surface area contributed by atoms with Crippen molar-refractivity contribution in [2.24, 2.45) is 0 Å². The summed E-state index contributed by atoms with van der Waals surface area (Å²) in [4.78, 5) is 8.90. The third-order valence-electron chi connectivity index (χ3n) is 3.20. The van der Waals surface area contributed by atoms with Crippen LogP contribution in [0.15, 0.2) is 12.4 Å². The Hall–Kier alpha value is -2.06. The van der Waals surface area contributed by atoms with Gasteiger partial charge in [-0.05, 0) is 19.4 Å². The summed E-state index contributed by atoms with van der Waals surface area (Å²) in [6.45, 7) is 3.91. The number of hydrogen-bond acceptors (Lipinski definition) is 8. The number of aryl methyl sites for hydroxylation is 2. The van der Waals surface area contributed by atoms with Crippen LogP contribution < -0.4 is 0 Å². The van der Waals surface area contributed by atoms with Crippen molar-refractivity contribution in [3.8, 4) is 11.3 Å². The topological polar surface area (TPSA) is 77.3 Å². The summed E-state index contributed by atoms with van der Waals surface area (Å²) in [5.41, 5.74) is 6.86. The van der Waals surface area contributed by atoms with Crippen molar-refractivity contribution in [1.82, 2.24) is 27.5 Å². The number of nitrogens with zero attached hydrogens (tertiary/aromatic N) is 6. The molecule has 0 unspecified atom stereocenters. The number of fused-ring (bicyclic) bond motifs is 2. The SMILES string of the molecule is Cc1cnc(-c2cnc(C)c3nsnc23)c2nsnc12. The predicted octanol–water partition coefficient (Wildman–Crippen LogP) is 2.77. The number of rotatable bonds is 1. The molecule has 0 saturated heterocycles. The van der Waals surface area contributed by atoms with Crippen LogP contribution in [0.4, 0.5) is 0 Å². The van der Waals surface area contributed by atoms with Crippen molar-refractivity contribution in [2.75, 3.05) is 0 Å². The first-order valence-electron chi connectivity index (χ1n) is 5.92. The van der Waals surface area contributed by atoms with Crippen LogP contribution in [-0.4, -0.2) is 27.5 Å². The lowest BCUT2D eigenvalue weighted by Gasteiger charge is -2.04. The van der Waals surface area contributed by atoms with E-state index in [0.29, 0.717) is 0 Å². The van der Waals surface area contributed by atoms with Crippen molar-refractivity contribution < 1.29 is 0 Å². The first kappa shape index (κ1) is 11.7. The highest BCUT2D eigenvalue weighted by Gasteiger charge is 2.17. The zero-order valence-corrected chi connectivity index (χ0v) is 12.3. The first-order chi connectivity index (χ1) is 9.75. The molecule has 0 bridgehead atoms. The van der Waals surface area contributed by atoms with Gasteiger partial charge in [-0.3, -0.25) is 9.97 Å². The van der Waals surface area contributed by atoms with Crippen molar-refractivity contribution in [2.45, 2.75) is 13.8 Å². The Labute approximate surface area is 122 Å². The predicted molar refractivity (Wildman–Crippen MR) is 78.9 cm³/mol. The Morgan fingerprint density at radius 3 is 2.30 bits per heavy atom. The van der Waals surface area contributed by atoms with E-state index in [1.807, 2.05) is 20.0 Å². The van der Waals surface area contributed by atoms with Crippen LogP contribution in [0.25, 0.3) is 33.3 Å². The van der Waals surface area contributed by atoms with Crippen LogP contribution in [0.5, 0.6) is 0 Å². The van der Waals surface area contributed by atoms with Crippen LogP contribution in [0.1, 0.15) is 11.3 Å². The fraction of sp³-hybridized carbons (Fsp3) is 0.167. The Morgan fingerprint density at radius 2 is 1.45 bits per heavy atom. The highest BCUT2D eigenvalue weighted by atomic mass is 32.1. The van der Waals surface area contributed by atoms with E-state index in [1.165, 1.54) is 23.5 Å². The van der Waals surface area contributed by atoms with Crippen molar-refractivity contribution in [3.05, 3.63) is 23.7 Å². The maximum atomic E-state index is 4.51. The minimum atomic E-state index is 0.768. The summed E-state index contributed by atoms with van der Waals surface area (Å²) < 4.78 is 17.4. The van der Waals surface area contributed by atoms with E-state index in [2.05, 4.69) is 27.5 Å². The highest BCUT2D eigenvalue weighted by Crippen LogP contribution is 2.31. The third kappa shape index (κ3) is 1.55. The Morgan fingerprint density at radius 1 is 0.750 bits per heavy atom. The second kappa shape index (κ2) is 4.22. The van der Waals surface area contributed by atoms with Crippen molar-refractivity contribution in [1.29, 1.82) is 0 Å². The molecule has 4 heterocycles. The summed E-state index contributed by atoms with van der Waals surface area (Å²) in [5, 5.41) is 0. The molecule has 20 heavy (non-hydrogen) atoms. The maximum Gasteiger partial charge on any atom is 0.131 e. The van der Waals surface area contributed by atoms with Gasteiger partial charge in [0.25, 0.3) is 0 Å². The number of pyridine rings is 2. The van der Waals surface area contributed by atoms with Crippen molar-refractivity contribution in [3.63, 3.8) is 0 Å². The summed E-state index contributed by atoms with van der Waals surface area (Å²) in [6.07, 6.45) is 3.60. The molecule has 4 aromatic heterocycles. The van der Waals surface area contributed by atoms with Crippen LogP contribution in [0.3, 0.4) is 0 Å². The fourth-order valence-electron chi connectivity index (χ4n) is 2.14. The first-order valence-corrected chi connectivity index (χ1v) is 7.38. The quantitative estimate of drug-likeness (QED) is 0.538. The molecule has 0 aliphatic rings. The molecule has 0 amide bonds. The second-order valence-electron chi connectivity index (χ2n) is 4.47. The van der Waals surface area contributed by atoms with Gasteiger partial charge in [0, 0.05) is 18.0 Å². The molecular weight excluding hydrogens is 292 g/mol. The van der Waals surface area contributed by atoms with Gasteiger partial charge in [0.2, 0.25) is 0 Å². The average Bonchev–Trinajstić information content (AvgIpc) is 3.09. The number of hydrogen-bond donors (Lipinski definition) is 0. The normalized spacial score (nSPS) is 11.5. The van der Waals surface area contributed by atoms with Gasteiger partial charge in [-0.2, -0.15) is 17.5 Å². The van der Waals surface area contributed by atoms with E-state index in [4.69, 9.17) is 0 Å². The minimum absolute atomic E-state index is 0.768. The van der Waals surface area contributed by atoms with Gasteiger partial charge >= 0.3 is 0 Å². The Bertz CT molecular complexity index is 864. The zero-order valence-electron chi connectivity index (χ0n) is 10.7. The highest BCUT2D eigenvalue weighted by molar-refractivity contribution is 7.00. The molecule has 0 saturated carbocycles. The molecule has 0 radical (unpaired) electrons. The largest absolute Gasteiger partial charge is 0.258 e. The molecule has 0 aliphatic heterocycles. The summed E-state index contributed by atoms with van der Waals surface area (Å²) in [6, 6.07) is 0. The lowest BCUT2D eigenvalue weighted by Crippen LogP contribution is -1.92. The van der Waals surface area contributed by atoms with Crippen LogP contribution in [0.2, 0.25) is 0 Å². The molecular formula is C12H8N6S2. The molecule has 98 valence electrons. The molecule has 0 spiro atoms. The van der Waals surface area contributed by atoms with Gasteiger partial charge in [0.15, 0.2) is 0 Å². The summed E-state index contributed by atoms with van der Waals surface area (Å²) in [7, 11) is 0. The van der Waals surface area contributed by atoms with E-state index in [1.54, 1.807) is 6.20 Å². The van der Waals surface area contributed by atoms with E-state index >= 15 is 0 Å². The Balaban J connectivity index is 2.12. The summed E-state index contributed by atoms with van der Waals surface area (Å²) >= 11 is 2.38. The standard InChI is InChI=1S/C12H8N6S2/c1-5-3-14-10(12-8(5)15-19-18-12)7-4-13-6(2)9-11(7)17-20-16-9/h3-4H,1-2H3. The van der Waals surface area contributed by atoms with Gasteiger partial charge in [-0.15, -0.1) is 0 Å². The maximum absolute atomic E-state index is 4.51. The second-order valence-corrected chi connectivity index (χ2v) is 5.53.